The lowest BCUT2D eigenvalue weighted by Crippen LogP contribution is -2.28. The Bertz CT molecular complexity index is 514. The maximum absolute atomic E-state index is 12.3. The van der Waals surface area contributed by atoms with Crippen LogP contribution in [0.15, 0.2) is 23.8 Å². The molecular formula is C14H15ClF2O2. The van der Waals surface area contributed by atoms with E-state index in [9.17, 15) is 13.9 Å². The molecule has 0 atom stereocenters. The molecule has 0 spiro atoms. The third-order valence-corrected chi connectivity index (χ3v) is 3.46. The average molecular weight is 289 g/mol. The van der Waals surface area contributed by atoms with Crippen LogP contribution in [0.2, 0.25) is 5.02 Å². The number of benzene rings is 1. The summed E-state index contributed by atoms with van der Waals surface area (Å²) in [6.07, 6.45) is -1.41. The Morgan fingerprint density at radius 1 is 1.37 bits per heavy atom. The SMILES string of the molecule is CC(C)c1cc(O)cc(Cl)c1OC1CC(=C(F)F)C1. The first-order valence-corrected chi connectivity index (χ1v) is 6.48. The second-order valence-corrected chi connectivity index (χ2v) is 5.42. The molecule has 0 unspecified atom stereocenters. The summed E-state index contributed by atoms with van der Waals surface area (Å²) in [7, 11) is 0. The van der Waals surface area contributed by atoms with Gasteiger partial charge >= 0.3 is 0 Å². The smallest absolute Gasteiger partial charge is 0.269 e. The molecule has 2 rings (SSSR count). The summed E-state index contributed by atoms with van der Waals surface area (Å²) < 4.78 is 30.3. The van der Waals surface area contributed by atoms with Gasteiger partial charge in [-0.2, -0.15) is 8.78 Å². The van der Waals surface area contributed by atoms with E-state index in [2.05, 4.69) is 0 Å². The monoisotopic (exact) mass is 288 g/mol. The Labute approximate surface area is 115 Å². The fraction of sp³-hybridized carbons (Fsp3) is 0.429. The van der Waals surface area contributed by atoms with Crippen LogP contribution < -0.4 is 4.74 Å². The lowest BCUT2D eigenvalue weighted by Gasteiger charge is -2.30. The Hall–Kier alpha value is -1.29. The summed E-state index contributed by atoms with van der Waals surface area (Å²) in [6, 6.07) is 2.99. The van der Waals surface area contributed by atoms with Crippen molar-refractivity contribution < 1.29 is 18.6 Å². The van der Waals surface area contributed by atoms with Crippen LogP contribution in [0.5, 0.6) is 11.5 Å². The van der Waals surface area contributed by atoms with Crippen molar-refractivity contribution in [2.45, 2.75) is 38.7 Å². The molecule has 2 nitrogen and oxygen atoms in total. The number of phenolic OH excluding ortho intramolecular Hbond substituents is 1. The quantitative estimate of drug-likeness (QED) is 0.860. The highest BCUT2D eigenvalue weighted by atomic mass is 35.5. The van der Waals surface area contributed by atoms with E-state index < -0.39 is 6.08 Å². The molecule has 19 heavy (non-hydrogen) atoms. The van der Waals surface area contributed by atoms with Crippen LogP contribution in [0.4, 0.5) is 8.78 Å². The van der Waals surface area contributed by atoms with E-state index in [1.54, 1.807) is 6.07 Å². The minimum Gasteiger partial charge on any atom is -0.508 e. The molecule has 1 saturated carbocycles. The maximum Gasteiger partial charge on any atom is 0.269 e. The molecule has 0 amide bonds. The van der Waals surface area contributed by atoms with Crippen LogP contribution in [-0.2, 0) is 0 Å². The van der Waals surface area contributed by atoms with Crippen molar-refractivity contribution in [3.8, 4) is 11.5 Å². The first-order valence-electron chi connectivity index (χ1n) is 6.10. The first-order chi connectivity index (χ1) is 8.88. The van der Waals surface area contributed by atoms with Crippen LogP contribution >= 0.6 is 11.6 Å². The minimum absolute atomic E-state index is 0.0741. The first kappa shape index (κ1) is 14.1. The number of hydrogen-bond acceptors (Lipinski definition) is 2. The third kappa shape index (κ3) is 3.00. The number of phenols is 1. The predicted octanol–water partition coefficient (Wildman–Crippen LogP) is 4.86. The summed E-state index contributed by atoms with van der Waals surface area (Å²) in [4.78, 5) is 0. The van der Waals surface area contributed by atoms with Gasteiger partial charge in [-0.3, -0.25) is 0 Å². The Balaban J connectivity index is 2.19. The highest BCUT2D eigenvalue weighted by molar-refractivity contribution is 6.32. The zero-order chi connectivity index (χ0) is 14.2. The Morgan fingerprint density at radius 3 is 2.53 bits per heavy atom. The van der Waals surface area contributed by atoms with Crippen molar-refractivity contribution in [3.05, 3.63) is 34.4 Å². The highest BCUT2D eigenvalue weighted by Crippen LogP contribution is 2.41. The van der Waals surface area contributed by atoms with E-state index in [-0.39, 0.29) is 36.2 Å². The van der Waals surface area contributed by atoms with Gasteiger partial charge in [0.05, 0.1) is 5.02 Å². The van der Waals surface area contributed by atoms with Gasteiger partial charge in [0.1, 0.15) is 17.6 Å². The molecule has 1 aromatic rings. The molecule has 0 aromatic heterocycles. The van der Waals surface area contributed by atoms with Crippen LogP contribution in [0, 0.1) is 0 Å². The Kier molecular flexibility index (Phi) is 3.99. The minimum atomic E-state index is -1.61. The summed E-state index contributed by atoms with van der Waals surface area (Å²) in [5, 5.41) is 9.85. The van der Waals surface area contributed by atoms with Crippen LogP contribution in [-0.4, -0.2) is 11.2 Å². The van der Waals surface area contributed by atoms with Gasteiger partial charge in [-0.15, -0.1) is 0 Å². The van der Waals surface area contributed by atoms with E-state index in [1.807, 2.05) is 13.8 Å². The molecular weight excluding hydrogens is 274 g/mol. The van der Waals surface area contributed by atoms with Gasteiger partial charge in [0, 0.05) is 30.0 Å². The molecule has 1 fully saturated rings. The van der Waals surface area contributed by atoms with E-state index in [4.69, 9.17) is 16.3 Å². The molecule has 1 aromatic carbocycles. The van der Waals surface area contributed by atoms with Crippen molar-refractivity contribution in [3.63, 3.8) is 0 Å². The van der Waals surface area contributed by atoms with Gasteiger partial charge in [-0.25, -0.2) is 0 Å². The number of halogens is 3. The third-order valence-electron chi connectivity index (χ3n) is 3.18. The van der Waals surface area contributed by atoms with E-state index in [0.717, 1.165) is 5.56 Å². The van der Waals surface area contributed by atoms with Gasteiger partial charge in [-0.1, -0.05) is 25.4 Å². The summed E-state index contributed by atoms with van der Waals surface area (Å²) in [6.45, 7) is 3.90. The summed E-state index contributed by atoms with van der Waals surface area (Å²) >= 11 is 6.06. The normalized spacial score (nSPS) is 18.4. The molecule has 1 aliphatic carbocycles. The van der Waals surface area contributed by atoms with E-state index in [1.165, 1.54) is 6.07 Å². The predicted molar refractivity (Wildman–Crippen MR) is 70.1 cm³/mol. The lowest BCUT2D eigenvalue weighted by molar-refractivity contribution is 0.152. The zero-order valence-electron chi connectivity index (χ0n) is 10.7. The molecule has 0 aliphatic heterocycles. The largest absolute Gasteiger partial charge is 0.508 e. The van der Waals surface area contributed by atoms with Crippen LogP contribution in [0.3, 0.4) is 0 Å². The lowest BCUT2D eigenvalue weighted by atomic mass is 9.89. The average Bonchev–Trinajstić information content (AvgIpc) is 2.23. The van der Waals surface area contributed by atoms with Crippen LogP contribution in [0.1, 0.15) is 38.2 Å². The van der Waals surface area contributed by atoms with Gasteiger partial charge in [0.25, 0.3) is 6.08 Å². The Morgan fingerprint density at radius 2 is 2.00 bits per heavy atom. The van der Waals surface area contributed by atoms with Gasteiger partial charge in [-0.05, 0) is 12.0 Å². The van der Waals surface area contributed by atoms with Gasteiger partial charge in [0.2, 0.25) is 0 Å². The van der Waals surface area contributed by atoms with Gasteiger partial charge < -0.3 is 9.84 Å². The fourth-order valence-electron chi connectivity index (χ4n) is 2.05. The molecule has 0 bridgehead atoms. The van der Waals surface area contributed by atoms with E-state index >= 15 is 0 Å². The molecule has 104 valence electrons. The number of aromatic hydroxyl groups is 1. The fourth-order valence-corrected chi connectivity index (χ4v) is 2.31. The van der Waals surface area contributed by atoms with Crippen molar-refractivity contribution in [2.75, 3.05) is 0 Å². The molecule has 0 heterocycles. The van der Waals surface area contributed by atoms with Gasteiger partial charge in [0.15, 0.2) is 0 Å². The molecule has 0 radical (unpaired) electrons. The number of rotatable bonds is 3. The second kappa shape index (κ2) is 5.37. The van der Waals surface area contributed by atoms with Crippen LogP contribution in [0.25, 0.3) is 0 Å². The standard InChI is InChI=1S/C14H15ClF2O2/c1-7(2)11-5-9(18)6-12(15)13(11)19-10-3-8(4-10)14(16)17/h5-7,10,18H,3-4H2,1-2H3. The molecule has 5 heteroatoms. The van der Waals surface area contributed by atoms with Crippen molar-refractivity contribution >= 4 is 11.6 Å². The second-order valence-electron chi connectivity index (χ2n) is 5.01. The maximum atomic E-state index is 12.3. The van der Waals surface area contributed by atoms with Crippen molar-refractivity contribution in [1.29, 1.82) is 0 Å². The zero-order valence-corrected chi connectivity index (χ0v) is 11.5. The summed E-state index contributed by atoms with van der Waals surface area (Å²) in [5.74, 6) is 0.676. The summed E-state index contributed by atoms with van der Waals surface area (Å²) in [5.41, 5.74) is 0.925. The number of hydrogen-bond donors (Lipinski definition) is 1. The van der Waals surface area contributed by atoms with Crippen molar-refractivity contribution in [1.82, 2.24) is 0 Å². The van der Waals surface area contributed by atoms with E-state index in [0.29, 0.717) is 10.8 Å². The molecule has 1 N–H and O–H groups in total. The topological polar surface area (TPSA) is 29.5 Å². The highest BCUT2D eigenvalue weighted by Gasteiger charge is 2.30. The molecule has 0 saturated heterocycles. The molecule has 1 aliphatic rings. The number of ether oxygens (including phenoxy) is 1. The van der Waals surface area contributed by atoms with Crippen molar-refractivity contribution in [2.24, 2.45) is 0 Å².